The van der Waals surface area contributed by atoms with Gasteiger partial charge in [-0.1, -0.05) is 13.8 Å². The number of aryl methyl sites for hydroxylation is 1. The van der Waals surface area contributed by atoms with Gasteiger partial charge in [0.1, 0.15) is 0 Å². The standard InChI is InChI=1S/C13H23NOS2/c1-5-11(14)13(17-10(4)9(3)15)12-7-6-8(2)16-12/h6-7,9-11,13,15H,5,14H2,1-4H3. The van der Waals surface area contributed by atoms with E-state index in [0.29, 0.717) is 5.25 Å². The van der Waals surface area contributed by atoms with Crippen molar-refractivity contribution in [3.63, 3.8) is 0 Å². The second-order valence-electron chi connectivity index (χ2n) is 4.52. The van der Waals surface area contributed by atoms with Crippen molar-refractivity contribution in [1.29, 1.82) is 0 Å². The van der Waals surface area contributed by atoms with Crippen LogP contribution in [0.15, 0.2) is 12.1 Å². The first kappa shape index (κ1) is 15.0. The smallest absolute Gasteiger partial charge is 0.0628 e. The molecule has 0 amide bonds. The summed E-state index contributed by atoms with van der Waals surface area (Å²) in [7, 11) is 0. The zero-order chi connectivity index (χ0) is 13.0. The molecule has 17 heavy (non-hydrogen) atoms. The summed E-state index contributed by atoms with van der Waals surface area (Å²) < 4.78 is 0. The van der Waals surface area contributed by atoms with Crippen LogP contribution in [-0.4, -0.2) is 22.5 Å². The summed E-state index contributed by atoms with van der Waals surface area (Å²) in [5.41, 5.74) is 6.21. The van der Waals surface area contributed by atoms with E-state index in [2.05, 4.69) is 32.9 Å². The van der Waals surface area contributed by atoms with Gasteiger partial charge >= 0.3 is 0 Å². The van der Waals surface area contributed by atoms with Crippen molar-refractivity contribution < 1.29 is 5.11 Å². The molecule has 1 heterocycles. The van der Waals surface area contributed by atoms with E-state index in [1.54, 1.807) is 11.8 Å². The molecule has 0 aromatic carbocycles. The molecule has 4 atom stereocenters. The first-order valence-electron chi connectivity index (χ1n) is 6.11. The van der Waals surface area contributed by atoms with Crippen LogP contribution in [0.5, 0.6) is 0 Å². The van der Waals surface area contributed by atoms with Gasteiger partial charge in [-0.2, -0.15) is 0 Å². The highest BCUT2D eigenvalue weighted by Crippen LogP contribution is 2.39. The SMILES string of the molecule is CCC(N)C(SC(C)C(C)O)c1ccc(C)s1. The van der Waals surface area contributed by atoms with E-state index in [-0.39, 0.29) is 17.4 Å². The summed E-state index contributed by atoms with van der Waals surface area (Å²) in [4.78, 5) is 2.65. The molecule has 4 heteroatoms. The molecule has 0 aliphatic heterocycles. The molecule has 1 aromatic rings. The van der Waals surface area contributed by atoms with E-state index in [0.717, 1.165) is 6.42 Å². The first-order valence-corrected chi connectivity index (χ1v) is 7.87. The monoisotopic (exact) mass is 273 g/mol. The Hall–Kier alpha value is -0.0300. The Kier molecular flexibility index (Phi) is 6.00. The predicted octanol–water partition coefficient (Wildman–Crippen LogP) is 3.34. The van der Waals surface area contributed by atoms with E-state index in [1.165, 1.54) is 9.75 Å². The van der Waals surface area contributed by atoms with Crippen molar-refractivity contribution in [2.75, 3.05) is 0 Å². The second kappa shape index (κ2) is 6.78. The van der Waals surface area contributed by atoms with Crippen molar-refractivity contribution in [3.05, 3.63) is 21.9 Å². The minimum Gasteiger partial charge on any atom is -0.392 e. The minimum absolute atomic E-state index is 0.152. The van der Waals surface area contributed by atoms with Gasteiger partial charge in [0, 0.05) is 21.0 Å². The lowest BCUT2D eigenvalue weighted by Crippen LogP contribution is -2.28. The molecule has 0 fully saturated rings. The van der Waals surface area contributed by atoms with Crippen molar-refractivity contribution in [2.24, 2.45) is 5.73 Å². The number of hydrogen-bond acceptors (Lipinski definition) is 4. The van der Waals surface area contributed by atoms with Gasteiger partial charge < -0.3 is 10.8 Å². The third kappa shape index (κ3) is 4.28. The molecule has 3 N–H and O–H groups in total. The van der Waals surface area contributed by atoms with Crippen LogP contribution < -0.4 is 5.73 Å². The van der Waals surface area contributed by atoms with Crippen LogP contribution in [0.25, 0.3) is 0 Å². The zero-order valence-corrected chi connectivity index (χ0v) is 12.6. The molecule has 0 saturated carbocycles. The fraction of sp³-hybridized carbons (Fsp3) is 0.692. The van der Waals surface area contributed by atoms with Gasteiger partial charge in [-0.05, 0) is 32.4 Å². The molecular formula is C13H23NOS2. The molecule has 0 aliphatic rings. The molecule has 0 aliphatic carbocycles. The molecule has 0 bridgehead atoms. The lowest BCUT2D eigenvalue weighted by molar-refractivity contribution is 0.196. The average molecular weight is 273 g/mol. The highest BCUT2D eigenvalue weighted by Gasteiger charge is 2.24. The zero-order valence-electron chi connectivity index (χ0n) is 11.0. The summed E-state index contributed by atoms with van der Waals surface area (Å²) in [6, 6.07) is 4.46. The Labute approximate surface area is 113 Å². The molecule has 0 radical (unpaired) electrons. The van der Waals surface area contributed by atoms with Crippen LogP contribution in [0.1, 0.15) is 42.2 Å². The predicted molar refractivity (Wildman–Crippen MR) is 78.8 cm³/mol. The van der Waals surface area contributed by atoms with Crippen molar-refractivity contribution in [1.82, 2.24) is 0 Å². The third-order valence-electron chi connectivity index (χ3n) is 2.94. The number of aliphatic hydroxyl groups is 1. The normalized spacial score (nSPS) is 18.7. The molecule has 1 aromatic heterocycles. The maximum Gasteiger partial charge on any atom is 0.0628 e. The van der Waals surface area contributed by atoms with Gasteiger partial charge in [-0.3, -0.25) is 0 Å². The van der Waals surface area contributed by atoms with Gasteiger partial charge in [0.25, 0.3) is 0 Å². The van der Waals surface area contributed by atoms with E-state index < -0.39 is 0 Å². The van der Waals surface area contributed by atoms with Crippen molar-refractivity contribution in [2.45, 2.75) is 56.8 Å². The van der Waals surface area contributed by atoms with Crippen LogP contribution >= 0.6 is 23.1 Å². The number of thioether (sulfide) groups is 1. The van der Waals surface area contributed by atoms with E-state index in [1.807, 2.05) is 18.3 Å². The number of thiophene rings is 1. The summed E-state index contributed by atoms with van der Waals surface area (Å²) in [6.45, 7) is 8.13. The first-order chi connectivity index (χ1) is 7.95. The number of nitrogens with two attached hydrogens (primary N) is 1. The fourth-order valence-electron chi connectivity index (χ4n) is 1.54. The highest BCUT2D eigenvalue weighted by atomic mass is 32.2. The molecular weight excluding hydrogens is 250 g/mol. The Morgan fingerprint density at radius 1 is 1.41 bits per heavy atom. The highest BCUT2D eigenvalue weighted by molar-refractivity contribution is 8.00. The average Bonchev–Trinajstić information content (AvgIpc) is 2.70. The maximum atomic E-state index is 9.62. The fourth-order valence-corrected chi connectivity index (χ4v) is 4.09. The summed E-state index contributed by atoms with van der Waals surface area (Å²) in [5, 5.41) is 10.1. The topological polar surface area (TPSA) is 46.2 Å². The molecule has 4 unspecified atom stereocenters. The largest absolute Gasteiger partial charge is 0.392 e. The number of aliphatic hydroxyl groups excluding tert-OH is 1. The van der Waals surface area contributed by atoms with Crippen LogP contribution in [-0.2, 0) is 0 Å². The lowest BCUT2D eigenvalue weighted by Gasteiger charge is -2.26. The summed E-state index contributed by atoms with van der Waals surface area (Å²) in [6.07, 6.45) is 0.661. The van der Waals surface area contributed by atoms with Gasteiger partial charge in [0.15, 0.2) is 0 Å². The summed E-state index contributed by atoms with van der Waals surface area (Å²) in [5.74, 6) is 0. The van der Waals surface area contributed by atoms with Gasteiger partial charge in [0.2, 0.25) is 0 Å². The van der Waals surface area contributed by atoms with E-state index in [9.17, 15) is 5.11 Å². The number of hydrogen-bond donors (Lipinski definition) is 2. The van der Waals surface area contributed by atoms with Crippen molar-refractivity contribution >= 4 is 23.1 Å². The molecule has 1 rings (SSSR count). The summed E-state index contributed by atoms with van der Waals surface area (Å²) >= 11 is 3.60. The molecule has 2 nitrogen and oxygen atoms in total. The van der Waals surface area contributed by atoms with Crippen LogP contribution in [0.3, 0.4) is 0 Å². The van der Waals surface area contributed by atoms with Gasteiger partial charge in [0.05, 0.1) is 11.4 Å². The van der Waals surface area contributed by atoms with Crippen LogP contribution in [0.4, 0.5) is 0 Å². The molecule has 0 spiro atoms. The van der Waals surface area contributed by atoms with Gasteiger partial charge in [-0.15, -0.1) is 23.1 Å². The van der Waals surface area contributed by atoms with Crippen LogP contribution in [0, 0.1) is 6.92 Å². The maximum absolute atomic E-state index is 9.62. The number of rotatable bonds is 6. The molecule has 98 valence electrons. The minimum atomic E-state index is -0.299. The third-order valence-corrected chi connectivity index (χ3v) is 5.90. The second-order valence-corrected chi connectivity index (χ2v) is 7.37. The Morgan fingerprint density at radius 2 is 2.06 bits per heavy atom. The lowest BCUT2D eigenvalue weighted by atomic mass is 10.1. The quantitative estimate of drug-likeness (QED) is 0.835. The molecule has 0 saturated heterocycles. The van der Waals surface area contributed by atoms with E-state index in [4.69, 9.17) is 5.73 Å². The van der Waals surface area contributed by atoms with Crippen molar-refractivity contribution in [3.8, 4) is 0 Å². The Morgan fingerprint density at radius 3 is 2.47 bits per heavy atom. The van der Waals surface area contributed by atoms with Gasteiger partial charge in [-0.25, -0.2) is 0 Å². The Balaban J connectivity index is 2.81. The van der Waals surface area contributed by atoms with Crippen LogP contribution in [0.2, 0.25) is 0 Å². The Bertz CT molecular complexity index is 338. The van der Waals surface area contributed by atoms with E-state index >= 15 is 0 Å².